The van der Waals surface area contributed by atoms with Crippen LogP contribution in [0.2, 0.25) is 75.5 Å². The number of hydrogen-bond acceptors (Lipinski definition) is 2. The highest BCUT2D eigenvalue weighted by atomic mass is 28.4. The van der Waals surface area contributed by atoms with Crippen molar-refractivity contribution in [1.82, 2.24) is 0 Å². The van der Waals surface area contributed by atoms with E-state index in [1.54, 1.807) is 38.2 Å². The van der Waals surface area contributed by atoms with Gasteiger partial charge in [-0.3, -0.25) is 0 Å². The maximum absolute atomic E-state index is 6.52. The van der Waals surface area contributed by atoms with Crippen molar-refractivity contribution in [1.29, 1.82) is 0 Å². The summed E-state index contributed by atoms with van der Waals surface area (Å²) in [5.74, 6) is 18.4. The van der Waals surface area contributed by atoms with E-state index in [-0.39, 0.29) is 5.04 Å². The van der Waals surface area contributed by atoms with Gasteiger partial charge < -0.3 is 9.16 Å². The Balaban J connectivity index is 0.000000249. The lowest BCUT2D eigenvalue weighted by Gasteiger charge is -2.41. The number of ether oxygens (including phenoxy) is 1. The highest BCUT2D eigenvalue weighted by molar-refractivity contribution is 6.94. The molecule has 0 N–H and O–H groups in total. The first-order valence-corrected chi connectivity index (χ1v) is 35.1. The minimum absolute atomic E-state index is 0.249. The Morgan fingerprint density at radius 2 is 1.39 bits per heavy atom. The van der Waals surface area contributed by atoms with Crippen molar-refractivity contribution in [2.45, 2.75) is 201 Å². The third-order valence-electron chi connectivity index (χ3n) is 13.8. The van der Waals surface area contributed by atoms with Gasteiger partial charge in [-0.05, 0) is 132 Å². The molecule has 0 radical (unpaired) electrons. The molecule has 3 aliphatic carbocycles. The summed E-state index contributed by atoms with van der Waals surface area (Å²) in [5.41, 5.74) is 14.9. The number of benzene rings is 1. The lowest BCUT2D eigenvalue weighted by molar-refractivity contribution is 0.296. The van der Waals surface area contributed by atoms with Gasteiger partial charge in [0.15, 0.2) is 8.32 Å². The molecule has 0 fully saturated rings. The van der Waals surface area contributed by atoms with Crippen LogP contribution < -0.4 is 15.1 Å². The van der Waals surface area contributed by atoms with E-state index < -0.39 is 32.5 Å². The van der Waals surface area contributed by atoms with Gasteiger partial charge in [-0.2, -0.15) is 0 Å². The van der Waals surface area contributed by atoms with Crippen LogP contribution in [0.25, 0.3) is 5.57 Å². The van der Waals surface area contributed by atoms with Crippen LogP contribution in [-0.2, 0) is 10.8 Å². The Bertz CT molecular complexity index is 1880. The van der Waals surface area contributed by atoms with Crippen molar-refractivity contribution in [3.8, 4) is 40.9 Å². The Hall–Kier alpha value is -1.99. The average molecular weight is 826 g/mol. The van der Waals surface area contributed by atoms with Crippen LogP contribution in [-0.4, -0.2) is 45.8 Å². The van der Waals surface area contributed by atoms with Crippen LogP contribution in [0.1, 0.15) is 136 Å². The third kappa shape index (κ3) is 10.6. The first-order valence-electron chi connectivity index (χ1n) is 22.2. The van der Waals surface area contributed by atoms with E-state index in [1.807, 2.05) is 0 Å². The predicted molar refractivity (Wildman–Crippen MR) is 258 cm³/mol. The second-order valence-corrected chi connectivity index (χ2v) is 42.2. The van der Waals surface area contributed by atoms with Crippen LogP contribution in [0.15, 0.2) is 16.7 Å². The summed E-state index contributed by atoms with van der Waals surface area (Å²) in [6, 6.07) is 0. The molecule has 0 spiro atoms. The highest BCUT2D eigenvalue weighted by Gasteiger charge is 2.48. The zero-order chi connectivity index (χ0) is 42.1. The topological polar surface area (TPSA) is 18.5 Å². The maximum Gasteiger partial charge on any atom is 0.192 e. The molecular weight excluding hydrogens is 745 g/mol. The summed E-state index contributed by atoms with van der Waals surface area (Å²) in [6.07, 6.45) is 11.9. The number of hydrogen-bond donors (Lipinski definition) is 0. The fourth-order valence-electron chi connectivity index (χ4n) is 8.64. The van der Waals surface area contributed by atoms with E-state index in [4.69, 9.17) is 9.16 Å². The van der Waals surface area contributed by atoms with E-state index >= 15 is 0 Å². The summed E-state index contributed by atoms with van der Waals surface area (Å²) < 4.78 is 12.7. The van der Waals surface area contributed by atoms with E-state index in [0.29, 0.717) is 23.5 Å². The predicted octanol–water partition coefficient (Wildman–Crippen LogP) is 13.1. The van der Waals surface area contributed by atoms with Crippen molar-refractivity contribution >= 4 is 48.5 Å². The van der Waals surface area contributed by atoms with Crippen LogP contribution in [0.5, 0.6) is 5.75 Å². The highest BCUT2D eigenvalue weighted by Crippen LogP contribution is 2.52. The monoisotopic (exact) mass is 825 g/mol. The molecule has 2 nitrogen and oxygen atoms in total. The summed E-state index contributed by atoms with van der Waals surface area (Å²) >= 11 is 0. The zero-order valence-corrected chi connectivity index (χ0v) is 43.5. The molecule has 0 saturated carbocycles. The lowest BCUT2D eigenvalue weighted by atomic mass is 9.85. The fraction of sp³-hybridized carbons (Fsp3) is 0.680. The summed E-state index contributed by atoms with van der Waals surface area (Å²) in [7, 11) is -6.19. The molecule has 0 bridgehead atoms. The fourth-order valence-corrected chi connectivity index (χ4v) is 15.1. The second kappa shape index (κ2) is 17.7. The first-order chi connectivity index (χ1) is 25.7. The second-order valence-electron chi connectivity index (χ2n) is 22.4. The third-order valence-corrected chi connectivity index (χ3v) is 26.7. The molecule has 1 heterocycles. The van der Waals surface area contributed by atoms with Crippen molar-refractivity contribution < 1.29 is 9.16 Å². The Morgan fingerprint density at radius 1 is 0.768 bits per heavy atom. The minimum Gasteiger partial charge on any atom is -0.493 e. The molecule has 2 atom stereocenters. The molecule has 0 aromatic heterocycles. The standard InChI is InChI=1S/2C25H40OSi2/c1-16-17-12-10-11-13-18(17)21-20(16)23(27(5,6)7)19-14-15-26-22(19)24(21)28(8,9)25(2,3)4;1-22(19-21-27(5,6)7)24-18-14-13-17-23(24)16-12-10-11-15-20-26-28(8,9)25(2,3)4/h16H,10-15H2,1-9H3;22H,13-15,17-18,20H2,1-9H3. The smallest absolute Gasteiger partial charge is 0.192 e. The molecule has 1 aromatic rings. The van der Waals surface area contributed by atoms with Crippen LogP contribution >= 0.6 is 0 Å². The number of fused-ring (bicyclic) bond motifs is 3. The van der Waals surface area contributed by atoms with Gasteiger partial charge in [0.1, 0.15) is 13.8 Å². The Labute approximate surface area is 350 Å². The lowest BCUT2D eigenvalue weighted by Crippen LogP contribution is -2.54. The average Bonchev–Trinajstić information content (AvgIpc) is 3.67. The van der Waals surface area contributed by atoms with Gasteiger partial charge in [0, 0.05) is 36.9 Å². The summed E-state index contributed by atoms with van der Waals surface area (Å²) in [4.78, 5) is 0. The van der Waals surface area contributed by atoms with Gasteiger partial charge in [-0.25, -0.2) is 0 Å². The van der Waals surface area contributed by atoms with Crippen molar-refractivity contribution in [2.24, 2.45) is 5.92 Å². The molecule has 308 valence electrons. The molecular formula is C50H80O2Si4. The van der Waals surface area contributed by atoms with Crippen molar-refractivity contribution in [3.05, 3.63) is 33.4 Å². The summed E-state index contributed by atoms with van der Waals surface area (Å²) in [6.45, 7) is 44.9. The zero-order valence-electron chi connectivity index (χ0n) is 39.5. The van der Waals surface area contributed by atoms with Gasteiger partial charge in [-0.1, -0.05) is 118 Å². The largest absolute Gasteiger partial charge is 0.493 e. The normalized spacial score (nSPS) is 19.1. The molecule has 5 rings (SSSR count). The van der Waals surface area contributed by atoms with E-state index in [2.05, 4.69) is 156 Å². The molecule has 2 unspecified atom stereocenters. The van der Waals surface area contributed by atoms with Gasteiger partial charge in [0.25, 0.3) is 0 Å². The molecule has 0 amide bonds. The molecule has 6 heteroatoms. The van der Waals surface area contributed by atoms with Crippen molar-refractivity contribution in [3.63, 3.8) is 0 Å². The van der Waals surface area contributed by atoms with Crippen LogP contribution in [0, 0.1) is 41.1 Å². The SMILES string of the molecule is CC(C#C[Si](C)(C)C)C1=C(C#CC#CCCO[Si](C)(C)C(C)(C)C)CCCC1.CC1C2=C(CCCC2)c2c1c([Si](C)(C)C)c1c(c2[Si](C)(C)C(C)(C)C)OCC1. The van der Waals surface area contributed by atoms with Gasteiger partial charge in [-0.15, -0.1) is 11.5 Å². The van der Waals surface area contributed by atoms with E-state index in [0.717, 1.165) is 32.3 Å². The Morgan fingerprint density at radius 3 is 2.00 bits per heavy atom. The molecule has 56 heavy (non-hydrogen) atoms. The first kappa shape index (κ1) is 46.7. The minimum atomic E-state index is -1.73. The Kier molecular flexibility index (Phi) is 14.8. The van der Waals surface area contributed by atoms with Crippen LogP contribution in [0.3, 0.4) is 0 Å². The molecule has 4 aliphatic rings. The van der Waals surface area contributed by atoms with Crippen molar-refractivity contribution in [2.75, 3.05) is 13.2 Å². The molecule has 0 saturated heterocycles. The van der Waals surface area contributed by atoms with Gasteiger partial charge in [0.2, 0.25) is 0 Å². The number of allylic oxidation sites excluding steroid dienone is 4. The quantitative estimate of drug-likeness (QED) is 0.162. The van der Waals surface area contributed by atoms with Gasteiger partial charge >= 0.3 is 0 Å². The van der Waals surface area contributed by atoms with E-state index in [9.17, 15) is 0 Å². The molecule has 1 aromatic carbocycles. The number of rotatable bonds is 6. The maximum atomic E-state index is 6.52. The summed E-state index contributed by atoms with van der Waals surface area (Å²) in [5, 5.41) is 4.02. The van der Waals surface area contributed by atoms with E-state index in [1.165, 1.54) is 55.4 Å². The van der Waals surface area contributed by atoms with Gasteiger partial charge in [0.05, 0.1) is 22.8 Å². The van der Waals surface area contributed by atoms with Crippen LogP contribution in [0.4, 0.5) is 0 Å². The molecule has 1 aliphatic heterocycles.